The van der Waals surface area contributed by atoms with Gasteiger partial charge in [-0.3, -0.25) is 4.79 Å². The molecule has 0 bridgehead atoms. The van der Waals surface area contributed by atoms with Crippen molar-refractivity contribution in [1.29, 1.82) is 5.26 Å². The number of carbonyl (C=O) groups is 1. The van der Waals surface area contributed by atoms with E-state index in [4.69, 9.17) is 0 Å². The fourth-order valence-electron chi connectivity index (χ4n) is 3.05. The molecule has 3 heteroatoms. The van der Waals surface area contributed by atoms with Gasteiger partial charge in [0.2, 0.25) is 5.91 Å². The van der Waals surface area contributed by atoms with Crippen LogP contribution in [0.3, 0.4) is 0 Å². The topological polar surface area (TPSA) is 44.1 Å². The second kappa shape index (κ2) is 6.78. The molecule has 0 N–H and O–H groups in total. The highest BCUT2D eigenvalue weighted by atomic mass is 16.2. The van der Waals surface area contributed by atoms with Gasteiger partial charge in [-0.15, -0.1) is 0 Å². The Bertz CT molecular complexity index is 307. The van der Waals surface area contributed by atoms with E-state index in [0.717, 1.165) is 51.4 Å². The smallest absolute Gasteiger partial charge is 0.243 e. The van der Waals surface area contributed by atoms with Gasteiger partial charge in [0.15, 0.2) is 0 Å². The molecule has 0 atom stereocenters. The maximum Gasteiger partial charge on any atom is 0.243 e. The molecule has 1 amide bonds. The molecule has 0 heterocycles. The Morgan fingerprint density at radius 2 is 1.72 bits per heavy atom. The molecule has 0 aromatic carbocycles. The fourth-order valence-corrected chi connectivity index (χ4v) is 3.05. The van der Waals surface area contributed by atoms with Gasteiger partial charge in [0.25, 0.3) is 0 Å². The molecule has 1 rings (SSSR count). The fraction of sp³-hybridized carbons (Fsp3) is 0.867. The van der Waals surface area contributed by atoms with Gasteiger partial charge in [0.05, 0.1) is 6.07 Å². The number of nitriles is 1. The second-order valence-electron chi connectivity index (χ2n) is 5.49. The molecule has 1 fully saturated rings. The molecule has 1 aliphatic carbocycles. The summed E-state index contributed by atoms with van der Waals surface area (Å²) in [5, 5.41) is 9.52. The predicted octanol–water partition coefficient (Wildman–Crippen LogP) is 3.50. The van der Waals surface area contributed by atoms with E-state index in [1.165, 1.54) is 0 Å². The minimum atomic E-state index is -0.742. The van der Waals surface area contributed by atoms with Crippen molar-refractivity contribution >= 4 is 5.91 Å². The summed E-state index contributed by atoms with van der Waals surface area (Å²) in [5.41, 5.74) is -0.742. The zero-order valence-corrected chi connectivity index (χ0v) is 12.0. The van der Waals surface area contributed by atoms with E-state index in [9.17, 15) is 10.1 Å². The summed E-state index contributed by atoms with van der Waals surface area (Å²) in [6, 6.07) is 2.62. The molecule has 1 saturated carbocycles. The Hall–Kier alpha value is -1.04. The third kappa shape index (κ3) is 3.04. The highest BCUT2D eigenvalue weighted by molar-refractivity contribution is 5.85. The van der Waals surface area contributed by atoms with Crippen LogP contribution in [0.5, 0.6) is 0 Å². The molecule has 3 nitrogen and oxygen atoms in total. The highest BCUT2D eigenvalue weighted by Crippen LogP contribution is 2.36. The van der Waals surface area contributed by atoms with Crippen molar-refractivity contribution < 1.29 is 4.79 Å². The lowest BCUT2D eigenvalue weighted by Gasteiger charge is -2.34. The zero-order chi connectivity index (χ0) is 13.6. The van der Waals surface area contributed by atoms with Crippen molar-refractivity contribution in [3.8, 4) is 6.07 Å². The van der Waals surface area contributed by atoms with Gasteiger partial charge >= 0.3 is 0 Å². The number of hydrogen-bond acceptors (Lipinski definition) is 2. The van der Waals surface area contributed by atoms with Gasteiger partial charge in [-0.1, -0.05) is 39.5 Å². The summed E-state index contributed by atoms with van der Waals surface area (Å²) in [6.07, 6.45) is 7.74. The van der Waals surface area contributed by atoms with E-state index in [0.29, 0.717) is 0 Å². The summed E-state index contributed by atoms with van der Waals surface area (Å²) < 4.78 is 0. The lowest BCUT2D eigenvalue weighted by Crippen LogP contribution is -2.45. The number of nitrogens with zero attached hydrogens (tertiary/aromatic N) is 2. The minimum absolute atomic E-state index is 0.0561. The molecule has 0 aliphatic heterocycles. The van der Waals surface area contributed by atoms with E-state index in [1.807, 2.05) is 11.9 Å². The Morgan fingerprint density at radius 3 is 2.11 bits per heavy atom. The average molecular weight is 250 g/mol. The summed E-state index contributed by atoms with van der Waals surface area (Å²) in [4.78, 5) is 14.5. The number of amides is 1. The van der Waals surface area contributed by atoms with E-state index in [2.05, 4.69) is 19.9 Å². The van der Waals surface area contributed by atoms with Gasteiger partial charge in [-0.25, -0.2) is 0 Å². The molecular weight excluding hydrogens is 224 g/mol. The Kier molecular flexibility index (Phi) is 5.65. The predicted molar refractivity (Wildman–Crippen MR) is 72.9 cm³/mol. The Balaban J connectivity index is 2.86. The van der Waals surface area contributed by atoms with Gasteiger partial charge in [-0.05, 0) is 25.7 Å². The molecule has 18 heavy (non-hydrogen) atoms. The summed E-state index contributed by atoms with van der Waals surface area (Å²) in [5.74, 6) is 0.0561. The normalized spacial score (nSPS) is 19.1. The van der Waals surface area contributed by atoms with Gasteiger partial charge in [0.1, 0.15) is 5.41 Å². The minimum Gasteiger partial charge on any atom is -0.341 e. The first-order chi connectivity index (χ1) is 8.61. The third-order valence-electron chi connectivity index (χ3n) is 4.39. The molecule has 0 aromatic heterocycles. The molecule has 0 saturated heterocycles. The van der Waals surface area contributed by atoms with Crippen LogP contribution in [-0.2, 0) is 4.79 Å². The van der Waals surface area contributed by atoms with Gasteiger partial charge < -0.3 is 4.90 Å². The van der Waals surface area contributed by atoms with Crippen molar-refractivity contribution in [1.82, 2.24) is 4.90 Å². The van der Waals surface area contributed by atoms with Crippen molar-refractivity contribution in [3.05, 3.63) is 0 Å². The number of rotatable bonds is 4. The number of carbonyl (C=O) groups excluding carboxylic acids is 1. The van der Waals surface area contributed by atoms with Gasteiger partial charge in [-0.2, -0.15) is 5.26 Å². The first-order valence-electron chi connectivity index (χ1n) is 7.29. The molecular formula is C15H26N2O. The van der Waals surface area contributed by atoms with E-state index < -0.39 is 5.41 Å². The lowest BCUT2D eigenvalue weighted by molar-refractivity contribution is -0.140. The van der Waals surface area contributed by atoms with Crippen LogP contribution in [0.1, 0.15) is 65.2 Å². The first-order valence-corrected chi connectivity index (χ1v) is 7.29. The van der Waals surface area contributed by atoms with Crippen LogP contribution in [0.15, 0.2) is 0 Å². The Labute approximate surface area is 111 Å². The monoisotopic (exact) mass is 250 g/mol. The maximum atomic E-state index is 12.7. The average Bonchev–Trinajstić information content (AvgIpc) is 2.65. The van der Waals surface area contributed by atoms with Crippen LogP contribution in [0.4, 0.5) is 0 Å². The molecule has 0 spiro atoms. The van der Waals surface area contributed by atoms with Crippen molar-refractivity contribution in [2.24, 2.45) is 5.41 Å². The van der Waals surface area contributed by atoms with Crippen LogP contribution in [0.2, 0.25) is 0 Å². The van der Waals surface area contributed by atoms with E-state index in [1.54, 1.807) is 0 Å². The van der Waals surface area contributed by atoms with Crippen LogP contribution in [0.25, 0.3) is 0 Å². The number of hydrogen-bond donors (Lipinski definition) is 0. The molecule has 0 unspecified atom stereocenters. The van der Waals surface area contributed by atoms with E-state index >= 15 is 0 Å². The molecule has 0 radical (unpaired) electrons. The second-order valence-corrected chi connectivity index (χ2v) is 5.49. The maximum absolute atomic E-state index is 12.7. The SMILES string of the molecule is CCC(CC)N(C)C(=O)C1(C#N)CCCCCC1. The van der Waals surface area contributed by atoms with Crippen molar-refractivity contribution in [2.75, 3.05) is 7.05 Å². The Morgan fingerprint density at radius 1 is 1.22 bits per heavy atom. The standard InChI is InChI=1S/C15H26N2O/c1-4-13(5-2)17(3)14(18)15(12-16)10-8-6-7-9-11-15/h13H,4-11H2,1-3H3. The summed E-state index contributed by atoms with van der Waals surface area (Å²) in [6.45, 7) is 4.20. The summed E-state index contributed by atoms with van der Waals surface area (Å²) >= 11 is 0. The van der Waals surface area contributed by atoms with E-state index in [-0.39, 0.29) is 11.9 Å². The van der Waals surface area contributed by atoms with Crippen LogP contribution >= 0.6 is 0 Å². The summed E-state index contributed by atoms with van der Waals surface area (Å²) in [7, 11) is 1.87. The van der Waals surface area contributed by atoms with Crippen molar-refractivity contribution in [2.45, 2.75) is 71.3 Å². The highest BCUT2D eigenvalue weighted by Gasteiger charge is 2.41. The molecule has 102 valence electrons. The third-order valence-corrected chi connectivity index (χ3v) is 4.39. The quantitative estimate of drug-likeness (QED) is 0.717. The zero-order valence-electron chi connectivity index (χ0n) is 12.0. The first kappa shape index (κ1) is 15.0. The van der Waals surface area contributed by atoms with Gasteiger partial charge in [0, 0.05) is 13.1 Å². The largest absolute Gasteiger partial charge is 0.341 e. The molecule has 0 aromatic rings. The lowest BCUT2D eigenvalue weighted by atomic mass is 9.80. The van der Waals surface area contributed by atoms with Crippen LogP contribution in [0, 0.1) is 16.7 Å². The molecule has 1 aliphatic rings. The van der Waals surface area contributed by atoms with Crippen LogP contribution < -0.4 is 0 Å². The van der Waals surface area contributed by atoms with Crippen molar-refractivity contribution in [3.63, 3.8) is 0 Å². The van der Waals surface area contributed by atoms with Crippen LogP contribution in [-0.4, -0.2) is 23.9 Å².